The van der Waals surface area contributed by atoms with Crippen LogP contribution in [0, 0.1) is 5.82 Å². The van der Waals surface area contributed by atoms with E-state index in [1.54, 1.807) is 16.8 Å². The van der Waals surface area contributed by atoms with Gasteiger partial charge in [-0.05, 0) is 34.5 Å². The minimum Gasteiger partial charge on any atom is -0.432 e. The minimum absolute atomic E-state index is 0.0746. The lowest BCUT2D eigenvalue weighted by Gasteiger charge is -2.14. The molecule has 23 heavy (non-hydrogen) atoms. The second kappa shape index (κ2) is 7.84. The summed E-state index contributed by atoms with van der Waals surface area (Å²) in [5, 5.41) is 18.0. The molecule has 0 saturated heterocycles. The Balaban J connectivity index is 1.94. The molecule has 0 spiro atoms. The van der Waals surface area contributed by atoms with Crippen molar-refractivity contribution in [1.29, 1.82) is 0 Å². The van der Waals surface area contributed by atoms with Crippen LogP contribution in [0.1, 0.15) is 11.7 Å². The van der Waals surface area contributed by atoms with E-state index in [2.05, 4.69) is 15.4 Å². The number of ether oxygens (including phenoxy) is 1. The summed E-state index contributed by atoms with van der Waals surface area (Å²) in [5.41, 5.74) is 0.535. The van der Waals surface area contributed by atoms with Crippen LogP contribution >= 0.6 is 11.3 Å². The number of anilines is 1. The van der Waals surface area contributed by atoms with Crippen LogP contribution in [0.5, 0.6) is 5.75 Å². The number of halogens is 3. The quantitative estimate of drug-likeness (QED) is 0.751. The van der Waals surface area contributed by atoms with Crippen molar-refractivity contribution >= 4 is 23.1 Å². The van der Waals surface area contributed by atoms with E-state index < -0.39 is 30.3 Å². The zero-order valence-corrected chi connectivity index (χ0v) is 12.4. The molecule has 1 atom stereocenters. The second-order valence-electron chi connectivity index (χ2n) is 4.43. The van der Waals surface area contributed by atoms with Gasteiger partial charge < -0.3 is 20.5 Å². The number of thiophene rings is 1. The minimum atomic E-state index is -3.15. The molecule has 5 nitrogen and oxygen atoms in total. The van der Waals surface area contributed by atoms with Gasteiger partial charge in [0.1, 0.15) is 5.82 Å². The van der Waals surface area contributed by atoms with E-state index in [0.29, 0.717) is 5.56 Å². The Morgan fingerprint density at radius 2 is 2.13 bits per heavy atom. The van der Waals surface area contributed by atoms with Crippen LogP contribution in [0.3, 0.4) is 0 Å². The van der Waals surface area contributed by atoms with Gasteiger partial charge in [0, 0.05) is 12.6 Å². The highest BCUT2D eigenvalue weighted by atomic mass is 32.1. The fraction of sp³-hybridized carbons (Fsp3) is 0.214. The summed E-state index contributed by atoms with van der Waals surface area (Å²) in [6, 6.07) is 3.80. The number of rotatable bonds is 6. The van der Waals surface area contributed by atoms with Crippen LogP contribution in [0.25, 0.3) is 0 Å². The van der Waals surface area contributed by atoms with Gasteiger partial charge in [-0.15, -0.1) is 0 Å². The maximum absolute atomic E-state index is 13.1. The number of nitrogens with one attached hydrogen (secondary N) is 2. The molecule has 0 bridgehead atoms. The normalized spacial score (nSPS) is 12.0. The number of carbonyl (C=O) groups is 1. The molecule has 0 aliphatic heterocycles. The first kappa shape index (κ1) is 17.1. The molecule has 9 heteroatoms. The Morgan fingerprint density at radius 1 is 1.35 bits per heavy atom. The van der Waals surface area contributed by atoms with Gasteiger partial charge in [0.25, 0.3) is 0 Å². The maximum Gasteiger partial charge on any atom is 0.387 e. The lowest BCUT2D eigenvalue weighted by Crippen LogP contribution is -2.32. The Morgan fingerprint density at radius 3 is 2.78 bits per heavy atom. The number of urea groups is 1. The van der Waals surface area contributed by atoms with E-state index in [1.165, 1.54) is 11.3 Å². The van der Waals surface area contributed by atoms with E-state index in [9.17, 15) is 23.1 Å². The van der Waals surface area contributed by atoms with Crippen LogP contribution in [-0.4, -0.2) is 24.3 Å². The second-order valence-corrected chi connectivity index (χ2v) is 5.21. The van der Waals surface area contributed by atoms with E-state index in [4.69, 9.17) is 0 Å². The van der Waals surface area contributed by atoms with Gasteiger partial charge in [0.15, 0.2) is 5.75 Å². The number of aliphatic hydroxyl groups is 1. The largest absolute Gasteiger partial charge is 0.432 e. The highest BCUT2D eigenvalue weighted by Gasteiger charge is 2.14. The van der Waals surface area contributed by atoms with E-state index in [1.807, 2.05) is 0 Å². The van der Waals surface area contributed by atoms with Crippen LogP contribution in [0.2, 0.25) is 0 Å². The van der Waals surface area contributed by atoms with Gasteiger partial charge in [-0.2, -0.15) is 20.1 Å². The molecule has 1 heterocycles. The molecule has 2 amide bonds. The van der Waals surface area contributed by atoms with Crippen molar-refractivity contribution in [3.8, 4) is 5.75 Å². The maximum atomic E-state index is 13.1. The molecule has 124 valence electrons. The number of aliphatic hydroxyl groups excluding tert-OH is 1. The zero-order valence-electron chi connectivity index (χ0n) is 11.6. The highest BCUT2D eigenvalue weighted by molar-refractivity contribution is 7.07. The number of amides is 2. The first-order valence-electron chi connectivity index (χ1n) is 6.45. The number of benzene rings is 1. The lowest BCUT2D eigenvalue weighted by atomic mass is 10.2. The van der Waals surface area contributed by atoms with Gasteiger partial charge in [-0.1, -0.05) is 0 Å². The molecule has 1 aromatic carbocycles. The van der Waals surface area contributed by atoms with Crippen molar-refractivity contribution in [2.75, 3.05) is 11.9 Å². The molecule has 0 radical (unpaired) electrons. The van der Waals surface area contributed by atoms with Crippen LogP contribution in [0.15, 0.2) is 35.0 Å². The molecule has 2 aromatic rings. The molecule has 1 aromatic heterocycles. The zero-order chi connectivity index (χ0) is 16.8. The molecule has 0 saturated carbocycles. The summed E-state index contributed by atoms with van der Waals surface area (Å²) in [6.07, 6.45) is -0.892. The monoisotopic (exact) mass is 346 g/mol. The van der Waals surface area contributed by atoms with Crippen molar-refractivity contribution in [2.24, 2.45) is 0 Å². The fourth-order valence-corrected chi connectivity index (χ4v) is 2.44. The fourth-order valence-electron chi connectivity index (χ4n) is 1.73. The number of hydrogen-bond donors (Lipinski definition) is 3. The van der Waals surface area contributed by atoms with Crippen molar-refractivity contribution in [1.82, 2.24) is 5.32 Å². The standard InChI is InChI=1S/C14H13F3N2O3S/c15-9-1-2-10(12(5-9)22-13(16)17)19-14(21)18-6-11(20)8-3-4-23-7-8/h1-5,7,11,13,20H,6H2,(H2,18,19,21). The average Bonchev–Trinajstić information content (AvgIpc) is 3.01. The molecular formula is C14H13F3N2O3S. The van der Waals surface area contributed by atoms with E-state index >= 15 is 0 Å². The first-order valence-corrected chi connectivity index (χ1v) is 7.39. The molecule has 3 N–H and O–H groups in total. The lowest BCUT2D eigenvalue weighted by molar-refractivity contribution is -0.0495. The van der Waals surface area contributed by atoms with Crippen LogP contribution in [-0.2, 0) is 0 Å². The molecule has 0 aliphatic carbocycles. The number of hydrogen-bond acceptors (Lipinski definition) is 4. The third-order valence-corrected chi connectivity index (χ3v) is 3.49. The van der Waals surface area contributed by atoms with Crippen LogP contribution in [0.4, 0.5) is 23.7 Å². The summed E-state index contributed by atoms with van der Waals surface area (Å²) < 4.78 is 41.8. The Kier molecular flexibility index (Phi) is 5.83. The Bertz CT molecular complexity index is 653. The predicted octanol–water partition coefficient (Wildman–Crippen LogP) is 3.34. The summed E-state index contributed by atoms with van der Waals surface area (Å²) in [6.45, 7) is -3.23. The van der Waals surface area contributed by atoms with Crippen molar-refractivity contribution in [3.05, 3.63) is 46.4 Å². The summed E-state index contributed by atoms with van der Waals surface area (Å²) in [7, 11) is 0. The molecule has 1 unspecified atom stereocenters. The summed E-state index contributed by atoms with van der Waals surface area (Å²) >= 11 is 1.40. The van der Waals surface area contributed by atoms with Crippen LogP contribution < -0.4 is 15.4 Å². The molecule has 0 fully saturated rings. The number of carbonyl (C=O) groups excluding carboxylic acids is 1. The number of alkyl halides is 2. The van der Waals surface area contributed by atoms with E-state index in [0.717, 1.165) is 18.2 Å². The van der Waals surface area contributed by atoms with Gasteiger partial charge in [-0.3, -0.25) is 0 Å². The SMILES string of the molecule is O=C(NCC(O)c1ccsc1)Nc1ccc(F)cc1OC(F)F. The van der Waals surface area contributed by atoms with Gasteiger partial charge in [0.2, 0.25) is 0 Å². The Hall–Kier alpha value is -2.26. The average molecular weight is 346 g/mol. The molecule has 2 rings (SSSR count). The van der Waals surface area contributed by atoms with Gasteiger partial charge >= 0.3 is 12.6 Å². The predicted molar refractivity (Wildman–Crippen MR) is 79.3 cm³/mol. The summed E-state index contributed by atoms with van der Waals surface area (Å²) in [4.78, 5) is 11.7. The molecular weight excluding hydrogens is 333 g/mol. The first-order chi connectivity index (χ1) is 11.0. The Labute approximate surface area is 133 Å². The molecule has 0 aliphatic rings. The van der Waals surface area contributed by atoms with Gasteiger partial charge in [0.05, 0.1) is 11.8 Å². The van der Waals surface area contributed by atoms with Crippen molar-refractivity contribution in [3.63, 3.8) is 0 Å². The smallest absolute Gasteiger partial charge is 0.387 e. The van der Waals surface area contributed by atoms with E-state index in [-0.39, 0.29) is 12.2 Å². The highest BCUT2D eigenvalue weighted by Crippen LogP contribution is 2.27. The van der Waals surface area contributed by atoms with Crippen molar-refractivity contribution in [2.45, 2.75) is 12.7 Å². The third kappa shape index (κ3) is 5.15. The third-order valence-electron chi connectivity index (χ3n) is 2.79. The summed E-state index contributed by atoms with van der Waals surface area (Å²) in [5.74, 6) is -1.27. The van der Waals surface area contributed by atoms with Crippen molar-refractivity contribution < 1.29 is 27.8 Å². The van der Waals surface area contributed by atoms with Gasteiger partial charge in [-0.25, -0.2) is 9.18 Å². The topological polar surface area (TPSA) is 70.6 Å².